The number of esters is 1. The predicted octanol–water partition coefficient (Wildman–Crippen LogP) is 2.31. The van der Waals surface area contributed by atoms with Crippen LogP contribution in [-0.2, 0) is 11.2 Å². The number of aryl methyl sites for hydroxylation is 1. The summed E-state index contributed by atoms with van der Waals surface area (Å²) in [5.41, 5.74) is 0.518. The van der Waals surface area contributed by atoms with Crippen LogP contribution >= 0.6 is 0 Å². The molecule has 0 unspecified atom stereocenters. The topological polar surface area (TPSA) is 26.3 Å². The Morgan fingerprint density at radius 2 is 1.93 bits per heavy atom. The highest BCUT2D eigenvalue weighted by Crippen LogP contribution is 2.16. The van der Waals surface area contributed by atoms with Crippen molar-refractivity contribution < 1.29 is 18.3 Å². The molecule has 2 nitrogen and oxygen atoms in total. The minimum Gasteiger partial charge on any atom is -0.465 e. The molecule has 14 heavy (non-hydrogen) atoms. The monoisotopic (exact) mass is 200 g/mol. The summed E-state index contributed by atoms with van der Waals surface area (Å²) in [6, 6.07) is 1.88. The summed E-state index contributed by atoms with van der Waals surface area (Å²) >= 11 is 0. The van der Waals surface area contributed by atoms with Gasteiger partial charge in [0.2, 0.25) is 0 Å². The largest absolute Gasteiger partial charge is 0.465 e. The van der Waals surface area contributed by atoms with E-state index < -0.39 is 17.6 Å². The van der Waals surface area contributed by atoms with E-state index in [-0.39, 0.29) is 5.56 Å². The molecule has 0 N–H and O–H groups in total. The van der Waals surface area contributed by atoms with Gasteiger partial charge in [0, 0.05) is 0 Å². The Bertz CT molecular complexity index is 361. The molecule has 0 atom stereocenters. The maximum absolute atomic E-state index is 12.8. The van der Waals surface area contributed by atoms with Crippen molar-refractivity contribution in [3.8, 4) is 0 Å². The van der Waals surface area contributed by atoms with Gasteiger partial charge in [0.05, 0.1) is 12.7 Å². The van der Waals surface area contributed by atoms with Gasteiger partial charge in [0.25, 0.3) is 0 Å². The van der Waals surface area contributed by atoms with Crippen molar-refractivity contribution in [3.63, 3.8) is 0 Å². The second kappa shape index (κ2) is 4.17. The van der Waals surface area contributed by atoms with Gasteiger partial charge in [0.1, 0.15) is 0 Å². The third-order valence-corrected chi connectivity index (χ3v) is 1.93. The summed E-state index contributed by atoms with van der Waals surface area (Å²) in [4.78, 5) is 11.1. The molecule has 0 heterocycles. The van der Waals surface area contributed by atoms with Gasteiger partial charge >= 0.3 is 5.97 Å². The van der Waals surface area contributed by atoms with Crippen molar-refractivity contribution >= 4 is 5.97 Å². The van der Waals surface area contributed by atoms with Crippen LogP contribution in [0.5, 0.6) is 0 Å². The Kier molecular flexibility index (Phi) is 3.17. The van der Waals surface area contributed by atoms with Crippen molar-refractivity contribution in [2.45, 2.75) is 13.3 Å². The minimum atomic E-state index is -1.04. The van der Waals surface area contributed by atoms with Gasteiger partial charge in [-0.15, -0.1) is 0 Å². The third-order valence-electron chi connectivity index (χ3n) is 1.93. The summed E-state index contributed by atoms with van der Waals surface area (Å²) in [7, 11) is 1.20. The third kappa shape index (κ3) is 1.89. The molecule has 1 rings (SSSR count). The van der Waals surface area contributed by atoms with Crippen LogP contribution in [0.1, 0.15) is 22.8 Å². The van der Waals surface area contributed by atoms with Crippen LogP contribution in [0.3, 0.4) is 0 Å². The highest BCUT2D eigenvalue weighted by atomic mass is 19.2. The molecule has 0 amide bonds. The number of hydrogen-bond donors (Lipinski definition) is 0. The zero-order chi connectivity index (χ0) is 10.7. The molecule has 0 aliphatic rings. The second-order valence-electron chi connectivity index (χ2n) is 2.77. The summed E-state index contributed by atoms with van der Waals surface area (Å²) in [6.07, 6.45) is 0.446. The van der Waals surface area contributed by atoms with E-state index in [9.17, 15) is 13.6 Å². The molecule has 0 saturated heterocycles. The van der Waals surface area contributed by atoms with E-state index in [1.165, 1.54) is 7.11 Å². The molecule has 1 aromatic carbocycles. The van der Waals surface area contributed by atoms with Crippen LogP contribution in [0.25, 0.3) is 0 Å². The highest BCUT2D eigenvalue weighted by molar-refractivity contribution is 5.91. The second-order valence-corrected chi connectivity index (χ2v) is 2.77. The molecular formula is C10H10F2O2. The number of ether oxygens (including phenoxy) is 1. The number of hydrogen-bond acceptors (Lipinski definition) is 2. The van der Waals surface area contributed by atoms with Gasteiger partial charge in [-0.25, -0.2) is 13.6 Å². The molecule has 0 spiro atoms. The zero-order valence-corrected chi connectivity index (χ0v) is 7.93. The maximum Gasteiger partial charge on any atom is 0.338 e. The van der Waals surface area contributed by atoms with Gasteiger partial charge in [-0.05, 0) is 24.1 Å². The lowest BCUT2D eigenvalue weighted by atomic mass is 10.0. The fourth-order valence-corrected chi connectivity index (χ4v) is 1.18. The molecule has 1 aromatic rings. The maximum atomic E-state index is 12.8. The Hall–Kier alpha value is -1.45. The Morgan fingerprint density at radius 1 is 1.36 bits per heavy atom. The van der Waals surface area contributed by atoms with Gasteiger partial charge in [-0.3, -0.25) is 0 Å². The van der Waals surface area contributed by atoms with E-state index in [1.54, 1.807) is 6.92 Å². The number of carbonyl (C=O) groups is 1. The molecule has 76 valence electrons. The van der Waals surface area contributed by atoms with Crippen LogP contribution in [0, 0.1) is 11.6 Å². The lowest BCUT2D eigenvalue weighted by molar-refractivity contribution is 0.0599. The highest BCUT2D eigenvalue weighted by Gasteiger charge is 2.14. The van der Waals surface area contributed by atoms with E-state index >= 15 is 0 Å². The smallest absolute Gasteiger partial charge is 0.338 e. The zero-order valence-electron chi connectivity index (χ0n) is 7.93. The van der Waals surface area contributed by atoms with Crippen LogP contribution in [0.2, 0.25) is 0 Å². The van der Waals surface area contributed by atoms with Gasteiger partial charge in [-0.2, -0.15) is 0 Å². The van der Waals surface area contributed by atoms with E-state index in [0.29, 0.717) is 12.0 Å². The number of halogens is 2. The summed E-state index contributed by atoms with van der Waals surface area (Å²) in [6.45, 7) is 1.75. The molecule has 0 radical (unpaired) electrons. The fraction of sp³-hybridized carbons (Fsp3) is 0.300. The first kappa shape index (κ1) is 10.6. The van der Waals surface area contributed by atoms with Crippen molar-refractivity contribution in [3.05, 3.63) is 34.9 Å². The molecule has 0 bridgehead atoms. The fourth-order valence-electron chi connectivity index (χ4n) is 1.18. The minimum absolute atomic E-state index is 0.0777. The van der Waals surface area contributed by atoms with E-state index in [2.05, 4.69) is 4.74 Å². The Balaban J connectivity index is 3.27. The van der Waals surface area contributed by atoms with Crippen molar-refractivity contribution in [1.82, 2.24) is 0 Å². The van der Waals surface area contributed by atoms with Crippen LogP contribution in [0.4, 0.5) is 8.78 Å². The van der Waals surface area contributed by atoms with Crippen molar-refractivity contribution in [1.29, 1.82) is 0 Å². The first-order valence-corrected chi connectivity index (χ1v) is 4.16. The molecule has 0 saturated carbocycles. The summed E-state index contributed by atoms with van der Waals surface area (Å²) in [5, 5.41) is 0. The summed E-state index contributed by atoms with van der Waals surface area (Å²) in [5.74, 6) is -2.64. The number of rotatable bonds is 2. The molecular weight excluding hydrogens is 190 g/mol. The average molecular weight is 200 g/mol. The Labute approximate surface area is 80.5 Å². The van der Waals surface area contributed by atoms with Gasteiger partial charge in [-0.1, -0.05) is 6.92 Å². The van der Waals surface area contributed by atoms with Crippen LogP contribution < -0.4 is 0 Å². The SMILES string of the molecule is CCc1cc(F)c(F)cc1C(=O)OC. The number of carbonyl (C=O) groups excluding carboxylic acids is 1. The quantitative estimate of drug-likeness (QED) is 0.685. The van der Waals surface area contributed by atoms with Crippen LogP contribution in [-0.4, -0.2) is 13.1 Å². The molecule has 4 heteroatoms. The average Bonchev–Trinajstić information content (AvgIpc) is 2.20. The number of methoxy groups -OCH3 is 1. The van der Waals surface area contributed by atoms with Gasteiger partial charge in [0.15, 0.2) is 11.6 Å². The molecule has 0 fully saturated rings. The van der Waals surface area contributed by atoms with Crippen LogP contribution in [0.15, 0.2) is 12.1 Å². The van der Waals surface area contributed by atoms with Crippen molar-refractivity contribution in [2.75, 3.05) is 7.11 Å². The van der Waals surface area contributed by atoms with E-state index in [4.69, 9.17) is 0 Å². The lowest BCUT2D eigenvalue weighted by Gasteiger charge is -2.06. The van der Waals surface area contributed by atoms with Gasteiger partial charge < -0.3 is 4.74 Å². The molecule has 0 aliphatic carbocycles. The Morgan fingerprint density at radius 3 is 2.43 bits per heavy atom. The molecule has 0 aliphatic heterocycles. The standard InChI is InChI=1S/C10H10F2O2/c1-3-6-4-8(11)9(12)5-7(6)10(13)14-2/h4-5H,3H2,1-2H3. The normalized spacial score (nSPS) is 10.0. The first-order valence-electron chi connectivity index (χ1n) is 4.16. The van der Waals surface area contributed by atoms with E-state index in [0.717, 1.165) is 12.1 Å². The van der Waals surface area contributed by atoms with Crippen molar-refractivity contribution in [2.24, 2.45) is 0 Å². The van der Waals surface area contributed by atoms with E-state index in [1.807, 2.05) is 0 Å². The summed E-state index contributed by atoms with van der Waals surface area (Å²) < 4.78 is 30.0. The first-order chi connectivity index (χ1) is 6.60. The number of benzene rings is 1. The predicted molar refractivity (Wildman–Crippen MR) is 47.1 cm³/mol. The molecule has 0 aromatic heterocycles. The lowest BCUT2D eigenvalue weighted by Crippen LogP contribution is -2.07.